The minimum atomic E-state index is -1.04. The van der Waals surface area contributed by atoms with E-state index in [2.05, 4.69) is 5.32 Å². The van der Waals surface area contributed by atoms with Gasteiger partial charge in [-0.3, -0.25) is 4.79 Å². The van der Waals surface area contributed by atoms with Gasteiger partial charge in [0, 0.05) is 7.05 Å². The van der Waals surface area contributed by atoms with Crippen molar-refractivity contribution in [2.24, 2.45) is 0 Å². The SMILES string of the molecule is C[C@H](C(=O)N[C@H]1Cc2ccccc2[C@@H]1N(C)C(=O)O)c1ccc(F)cc1. The summed E-state index contributed by atoms with van der Waals surface area (Å²) in [6.07, 6.45) is -0.474. The molecule has 1 aliphatic carbocycles. The Balaban J connectivity index is 1.80. The Morgan fingerprint density at radius 3 is 2.50 bits per heavy atom. The van der Waals surface area contributed by atoms with E-state index >= 15 is 0 Å². The fourth-order valence-corrected chi connectivity index (χ4v) is 3.51. The second-order valence-electron chi connectivity index (χ2n) is 6.63. The molecule has 0 unspecified atom stereocenters. The average molecular weight is 356 g/mol. The number of nitrogens with zero attached hydrogens (tertiary/aromatic N) is 1. The first kappa shape index (κ1) is 17.9. The quantitative estimate of drug-likeness (QED) is 0.883. The van der Waals surface area contributed by atoms with E-state index in [9.17, 15) is 19.1 Å². The Hall–Kier alpha value is -2.89. The number of fused-ring (bicyclic) bond motifs is 1. The van der Waals surface area contributed by atoms with Crippen LogP contribution in [0.4, 0.5) is 9.18 Å². The second-order valence-corrected chi connectivity index (χ2v) is 6.63. The average Bonchev–Trinajstić information content (AvgIpc) is 2.98. The van der Waals surface area contributed by atoms with Gasteiger partial charge in [0.05, 0.1) is 18.0 Å². The van der Waals surface area contributed by atoms with Crippen LogP contribution in [0.3, 0.4) is 0 Å². The molecule has 2 N–H and O–H groups in total. The van der Waals surface area contributed by atoms with Gasteiger partial charge >= 0.3 is 6.09 Å². The van der Waals surface area contributed by atoms with Gasteiger partial charge in [-0.15, -0.1) is 0 Å². The molecule has 0 saturated carbocycles. The lowest BCUT2D eigenvalue weighted by Gasteiger charge is -2.29. The molecule has 26 heavy (non-hydrogen) atoms. The Morgan fingerprint density at radius 1 is 1.19 bits per heavy atom. The summed E-state index contributed by atoms with van der Waals surface area (Å²) in [6.45, 7) is 1.75. The number of hydrogen-bond acceptors (Lipinski definition) is 2. The third-order valence-corrected chi connectivity index (χ3v) is 5.00. The van der Waals surface area contributed by atoms with Crippen molar-refractivity contribution in [2.75, 3.05) is 7.05 Å². The zero-order valence-electron chi connectivity index (χ0n) is 14.6. The third kappa shape index (κ3) is 3.40. The van der Waals surface area contributed by atoms with Crippen LogP contribution >= 0.6 is 0 Å². The van der Waals surface area contributed by atoms with Crippen LogP contribution in [0.25, 0.3) is 0 Å². The maximum Gasteiger partial charge on any atom is 0.407 e. The van der Waals surface area contributed by atoms with Gasteiger partial charge in [0.1, 0.15) is 5.82 Å². The van der Waals surface area contributed by atoms with Crippen molar-refractivity contribution in [3.63, 3.8) is 0 Å². The van der Waals surface area contributed by atoms with Crippen molar-refractivity contribution in [2.45, 2.75) is 31.3 Å². The summed E-state index contributed by atoms with van der Waals surface area (Å²) >= 11 is 0. The Morgan fingerprint density at radius 2 is 1.85 bits per heavy atom. The number of likely N-dealkylation sites (N-methyl/N-ethyl adjacent to an activating group) is 1. The Labute approximate surface area is 151 Å². The molecule has 0 radical (unpaired) electrons. The third-order valence-electron chi connectivity index (χ3n) is 5.00. The number of rotatable bonds is 4. The minimum Gasteiger partial charge on any atom is -0.465 e. The molecule has 3 atom stereocenters. The highest BCUT2D eigenvalue weighted by molar-refractivity contribution is 5.83. The summed E-state index contributed by atoms with van der Waals surface area (Å²) in [6, 6.07) is 12.7. The predicted molar refractivity (Wildman–Crippen MR) is 95.4 cm³/mol. The first-order valence-corrected chi connectivity index (χ1v) is 8.48. The van der Waals surface area contributed by atoms with Gasteiger partial charge in [-0.05, 0) is 42.2 Å². The van der Waals surface area contributed by atoms with Crippen LogP contribution < -0.4 is 5.32 Å². The van der Waals surface area contributed by atoms with Gasteiger partial charge in [0.25, 0.3) is 0 Å². The number of amides is 2. The molecule has 0 fully saturated rings. The molecule has 2 amide bonds. The summed E-state index contributed by atoms with van der Waals surface area (Å²) in [5.41, 5.74) is 2.66. The largest absolute Gasteiger partial charge is 0.465 e. The van der Waals surface area contributed by atoms with E-state index in [1.165, 1.54) is 24.1 Å². The fourth-order valence-electron chi connectivity index (χ4n) is 3.51. The van der Waals surface area contributed by atoms with Crippen molar-refractivity contribution in [3.8, 4) is 0 Å². The highest BCUT2D eigenvalue weighted by atomic mass is 19.1. The van der Waals surface area contributed by atoms with Gasteiger partial charge in [-0.1, -0.05) is 36.4 Å². The van der Waals surface area contributed by atoms with Crippen molar-refractivity contribution in [1.82, 2.24) is 10.2 Å². The van der Waals surface area contributed by atoms with Crippen LogP contribution in [0, 0.1) is 5.82 Å². The van der Waals surface area contributed by atoms with Crippen molar-refractivity contribution in [1.29, 1.82) is 0 Å². The molecule has 0 heterocycles. The molecule has 6 heteroatoms. The maximum atomic E-state index is 13.1. The molecule has 2 aromatic rings. The van der Waals surface area contributed by atoms with Crippen molar-refractivity contribution >= 4 is 12.0 Å². The Kier molecular flexibility index (Phi) is 4.93. The monoisotopic (exact) mass is 356 g/mol. The first-order chi connectivity index (χ1) is 12.4. The number of nitrogens with one attached hydrogen (secondary N) is 1. The van der Waals surface area contributed by atoms with Gasteiger partial charge < -0.3 is 15.3 Å². The summed E-state index contributed by atoms with van der Waals surface area (Å²) in [7, 11) is 1.51. The number of carboxylic acid groups (broad SMARTS) is 1. The molecule has 0 spiro atoms. The van der Waals surface area contributed by atoms with E-state index in [0.29, 0.717) is 12.0 Å². The van der Waals surface area contributed by atoms with Crippen molar-refractivity contribution in [3.05, 3.63) is 71.0 Å². The number of benzene rings is 2. The van der Waals surface area contributed by atoms with Crippen LogP contribution in [0.2, 0.25) is 0 Å². The zero-order valence-corrected chi connectivity index (χ0v) is 14.6. The normalized spacial score (nSPS) is 19.5. The molecule has 0 bridgehead atoms. The van der Waals surface area contributed by atoms with Gasteiger partial charge in [0.15, 0.2) is 0 Å². The molecule has 2 aromatic carbocycles. The van der Waals surface area contributed by atoms with E-state index in [0.717, 1.165) is 11.1 Å². The van der Waals surface area contributed by atoms with Crippen LogP contribution in [-0.2, 0) is 11.2 Å². The lowest BCUT2D eigenvalue weighted by Crippen LogP contribution is -2.45. The zero-order chi connectivity index (χ0) is 18.8. The molecule has 0 aromatic heterocycles. The van der Waals surface area contributed by atoms with Crippen LogP contribution in [0.1, 0.15) is 35.6 Å². The topological polar surface area (TPSA) is 69.6 Å². The van der Waals surface area contributed by atoms with E-state index in [-0.39, 0.29) is 17.8 Å². The summed E-state index contributed by atoms with van der Waals surface area (Å²) in [5, 5.41) is 12.4. The highest BCUT2D eigenvalue weighted by Crippen LogP contribution is 2.35. The van der Waals surface area contributed by atoms with E-state index in [1.807, 2.05) is 24.3 Å². The van der Waals surface area contributed by atoms with E-state index < -0.39 is 18.1 Å². The smallest absolute Gasteiger partial charge is 0.407 e. The molecule has 1 aliphatic rings. The number of carbonyl (C=O) groups is 2. The molecule has 5 nitrogen and oxygen atoms in total. The molecule has 0 aliphatic heterocycles. The molecule has 0 saturated heterocycles. The predicted octanol–water partition coefficient (Wildman–Crippen LogP) is 3.32. The summed E-state index contributed by atoms with van der Waals surface area (Å²) < 4.78 is 13.1. The Bertz CT molecular complexity index is 822. The van der Waals surface area contributed by atoms with Crippen LogP contribution in [0.15, 0.2) is 48.5 Å². The van der Waals surface area contributed by atoms with Gasteiger partial charge in [0.2, 0.25) is 5.91 Å². The molecular weight excluding hydrogens is 335 g/mol. The van der Waals surface area contributed by atoms with Gasteiger partial charge in [-0.25, -0.2) is 9.18 Å². The number of halogens is 1. The summed E-state index contributed by atoms with van der Waals surface area (Å²) in [5.74, 6) is -1.02. The fraction of sp³-hybridized carbons (Fsp3) is 0.300. The standard InChI is InChI=1S/C20H21FN2O3/c1-12(13-7-9-15(21)10-8-13)19(24)22-17-11-14-5-3-4-6-16(14)18(17)23(2)20(25)26/h3-10,12,17-18H,11H2,1-2H3,(H,22,24)(H,25,26)/t12-,17-,18-/m0/s1. The first-order valence-electron chi connectivity index (χ1n) is 8.48. The molecule has 3 rings (SSSR count). The number of hydrogen-bond donors (Lipinski definition) is 2. The van der Waals surface area contributed by atoms with Gasteiger partial charge in [-0.2, -0.15) is 0 Å². The lowest BCUT2D eigenvalue weighted by molar-refractivity contribution is -0.123. The lowest BCUT2D eigenvalue weighted by atomic mass is 9.99. The molecular formula is C20H21FN2O3. The second kappa shape index (κ2) is 7.15. The highest BCUT2D eigenvalue weighted by Gasteiger charge is 2.38. The molecule has 136 valence electrons. The minimum absolute atomic E-state index is 0.210. The van der Waals surface area contributed by atoms with Crippen LogP contribution in [-0.4, -0.2) is 35.1 Å². The summed E-state index contributed by atoms with van der Waals surface area (Å²) in [4.78, 5) is 25.4. The van der Waals surface area contributed by atoms with Crippen molar-refractivity contribution < 1.29 is 19.1 Å². The van der Waals surface area contributed by atoms with E-state index in [4.69, 9.17) is 0 Å². The maximum absolute atomic E-state index is 13.1. The number of carbonyl (C=O) groups excluding carboxylic acids is 1. The van der Waals surface area contributed by atoms with Crippen LogP contribution in [0.5, 0.6) is 0 Å². The van der Waals surface area contributed by atoms with E-state index in [1.54, 1.807) is 19.1 Å².